The molecule has 134 valence electrons. The minimum atomic E-state index is -0.529. The molecular formula is C19H18N2O5. The molecule has 0 saturated carbocycles. The first-order valence-electron chi connectivity index (χ1n) is 8.38. The molecular weight excluding hydrogens is 336 g/mol. The van der Waals surface area contributed by atoms with Gasteiger partial charge in [-0.3, -0.25) is 9.59 Å². The van der Waals surface area contributed by atoms with E-state index in [2.05, 4.69) is 10.6 Å². The predicted molar refractivity (Wildman–Crippen MR) is 94.9 cm³/mol. The van der Waals surface area contributed by atoms with Crippen molar-refractivity contribution in [3.8, 4) is 17.2 Å². The van der Waals surface area contributed by atoms with Crippen molar-refractivity contribution in [3.63, 3.8) is 0 Å². The van der Waals surface area contributed by atoms with Crippen LogP contribution < -0.4 is 24.8 Å². The first kappa shape index (κ1) is 16.3. The van der Waals surface area contributed by atoms with Gasteiger partial charge in [-0.15, -0.1) is 0 Å². The summed E-state index contributed by atoms with van der Waals surface area (Å²) in [6, 6.07) is 10.6. The molecule has 2 aromatic rings. The summed E-state index contributed by atoms with van der Waals surface area (Å²) in [4.78, 5) is 24.0. The van der Waals surface area contributed by atoms with Crippen LogP contribution in [0.1, 0.15) is 12.5 Å². The van der Waals surface area contributed by atoms with Crippen LogP contribution in [-0.4, -0.2) is 31.1 Å². The summed E-state index contributed by atoms with van der Waals surface area (Å²) in [7, 11) is 0. The quantitative estimate of drug-likeness (QED) is 0.884. The van der Waals surface area contributed by atoms with E-state index in [1.807, 2.05) is 18.2 Å². The minimum Gasteiger partial charge on any atom is -0.486 e. The van der Waals surface area contributed by atoms with Gasteiger partial charge in [-0.2, -0.15) is 0 Å². The van der Waals surface area contributed by atoms with Gasteiger partial charge in [0.05, 0.1) is 12.1 Å². The summed E-state index contributed by atoms with van der Waals surface area (Å²) in [5.41, 5.74) is 1.96. The Balaban J connectivity index is 1.44. The van der Waals surface area contributed by atoms with Crippen LogP contribution in [-0.2, 0) is 16.0 Å². The Morgan fingerprint density at radius 2 is 1.88 bits per heavy atom. The monoisotopic (exact) mass is 354 g/mol. The number of fused-ring (bicyclic) bond motifs is 2. The van der Waals surface area contributed by atoms with Gasteiger partial charge in [0.15, 0.2) is 17.6 Å². The van der Waals surface area contributed by atoms with E-state index in [9.17, 15) is 9.59 Å². The molecule has 2 aromatic carbocycles. The van der Waals surface area contributed by atoms with Gasteiger partial charge < -0.3 is 24.8 Å². The van der Waals surface area contributed by atoms with Gasteiger partial charge >= 0.3 is 0 Å². The first-order chi connectivity index (χ1) is 12.6. The third kappa shape index (κ3) is 3.28. The molecule has 0 spiro atoms. The molecule has 0 fully saturated rings. The molecule has 2 N–H and O–H groups in total. The van der Waals surface area contributed by atoms with Gasteiger partial charge in [-0.05, 0) is 42.8 Å². The summed E-state index contributed by atoms with van der Waals surface area (Å²) >= 11 is 0. The van der Waals surface area contributed by atoms with Crippen molar-refractivity contribution >= 4 is 23.2 Å². The van der Waals surface area contributed by atoms with Gasteiger partial charge in [0.2, 0.25) is 5.91 Å². The second-order valence-corrected chi connectivity index (χ2v) is 6.16. The van der Waals surface area contributed by atoms with Gasteiger partial charge in [0.1, 0.15) is 19.0 Å². The molecule has 0 aliphatic carbocycles. The maximum atomic E-state index is 12.3. The Labute approximate surface area is 150 Å². The van der Waals surface area contributed by atoms with Crippen LogP contribution in [0.2, 0.25) is 0 Å². The normalized spacial score (nSPS) is 17.6. The van der Waals surface area contributed by atoms with Crippen molar-refractivity contribution in [2.75, 3.05) is 23.8 Å². The molecule has 0 saturated heterocycles. The summed E-state index contributed by atoms with van der Waals surface area (Å²) in [5.74, 6) is 1.56. The van der Waals surface area contributed by atoms with E-state index in [0.29, 0.717) is 41.8 Å². The number of rotatable bonds is 3. The van der Waals surface area contributed by atoms with E-state index < -0.39 is 6.10 Å². The topological polar surface area (TPSA) is 85.9 Å². The number of carbonyl (C=O) groups is 2. The highest BCUT2D eigenvalue weighted by molar-refractivity contribution is 5.99. The fourth-order valence-corrected chi connectivity index (χ4v) is 2.87. The molecule has 0 radical (unpaired) electrons. The van der Waals surface area contributed by atoms with Crippen molar-refractivity contribution in [1.29, 1.82) is 0 Å². The van der Waals surface area contributed by atoms with E-state index >= 15 is 0 Å². The number of nitrogens with one attached hydrogen (secondary N) is 2. The lowest BCUT2D eigenvalue weighted by molar-refractivity contribution is -0.122. The highest BCUT2D eigenvalue weighted by Crippen LogP contribution is 2.33. The van der Waals surface area contributed by atoms with Crippen molar-refractivity contribution in [2.24, 2.45) is 0 Å². The Kier molecular flexibility index (Phi) is 4.12. The zero-order chi connectivity index (χ0) is 18.1. The van der Waals surface area contributed by atoms with Crippen LogP contribution in [0.25, 0.3) is 0 Å². The lowest BCUT2D eigenvalue weighted by Crippen LogP contribution is -2.34. The molecule has 1 atom stereocenters. The molecule has 2 aliphatic rings. The highest BCUT2D eigenvalue weighted by Gasteiger charge is 2.23. The number of hydrogen-bond acceptors (Lipinski definition) is 5. The van der Waals surface area contributed by atoms with E-state index in [0.717, 1.165) is 5.56 Å². The molecule has 7 nitrogen and oxygen atoms in total. The third-order valence-corrected chi connectivity index (χ3v) is 4.17. The first-order valence-corrected chi connectivity index (χ1v) is 8.38. The molecule has 0 aromatic heterocycles. The highest BCUT2D eigenvalue weighted by atomic mass is 16.6. The molecule has 7 heteroatoms. The van der Waals surface area contributed by atoms with E-state index in [1.165, 1.54) is 0 Å². The smallest absolute Gasteiger partial charge is 0.265 e. The van der Waals surface area contributed by atoms with Crippen LogP contribution >= 0.6 is 0 Å². The zero-order valence-corrected chi connectivity index (χ0v) is 14.2. The second-order valence-electron chi connectivity index (χ2n) is 6.16. The average molecular weight is 354 g/mol. The number of benzene rings is 2. The third-order valence-electron chi connectivity index (χ3n) is 4.17. The fraction of sp³-hybridized carbons (Fsp3) is 0.263. The Morgan fingerprint density at radius 3 is 2.73 bits per heavy atom. The SMILES string of the molecule is CC1Oc2ccc(NC(=O)Cc3ccc4c(c3)OCCO4)cc2NC1=O. The molecule has 2 amide bonds. The van der Waals surface area contributed by atoms with E-state index in [4.69, 9.17) is 14.2 Å². The van der Waals surface area contributed by atoms with E-state index in [-0.39, 0.29) is 18.2 Å². The van der Waals surface area contributed by atoms with Crippen LogP contribution in [0.5, 0.6) is 17.2 Å². The van der Waals surface area contributed by atoms with Crippen molar-refractivity contribution < 1.29 is 23.8 Å². The van der Waals surface area contributed by atoms with Crippen LogP contribution in [0.3, 0.4) is 0 Å². The molecule has 0 bridgehead atoms. The predicted octanol–water partition coefficient (Wildman–Crippen LogP) is 2.36. The lowest BCUT2D eigenvalue weighted by Gasteiger charge is -2.23. The standard InChI is InChI=1S/C19H18N2O5/c1-11-19(23)21-14-10-13(3-5-15(14)26-11)20-18(22)9-12-2-4-16-17(8-12)25-7-6-24-16/h2-5,8,10-11H,6-7,9H2,1H3,(H,20,22)(H,21,23). The maximum absolute atomic E-state index is 12.3. The van der Waals surface area contributed by atoms with Crippen molar-refractivity contribution in [2.45, 2.75) is 19.4 Å². The Morgan fingerprint density at radius 1 is 1.12 bits per heavy atom. The summed E-state index contributed by atoms with van der Waals surface area (Å²) in [6.07, 6.45) is -0.327. The number of carbonyl (C=O) groups excluding carboxylic acids is 2. The minimum absolute atomic E-state index is 0.168. The largest absolute Gasteiger partial charge is 0.486 e. The van der Waals surface area contributed by atoms with Gasteiger partial charge in [-0.1, -0.05) is 6.07 Å². The number of anilines is 2. The van der Waals surface area contributed by atoms with Crippen LogP contribution in [0.15, 0.2) is 36.4 Å². The molecule has 2 aliphatic heterocycles. The molecule has 2 heterocycles. The Hall–Kier alpha value is -3.22. The van der Waals surface area contributed by atoms with Crippen molar-refractivity contribution in [1.82, 2.24) is 0 Å². The molecule has 4 rings (SSSR count). The number of amides is 2. The van der Waals surface area contributed by atoms with Crippen LogP contribution in [0, 0.1) is 0 Å². The average Bonchev–Trinajstić information content (AvgIpc) is 2.63. The van der Waals surface area contributed by atoms with Gasteiger partial charge in [0.25, 0.3) is 5.91 Å². The summed E-state index contributed by atoms with van der Waals surface area (Å²) in [5, 5.41) is 5.59. The Bertz CT molecular complexity index is 880. The molecule has 26 heavy (non-hydrogen) atoms. The van der Waals surface area contributed by atoms with Gasteiger partial charge in [-0.25, -0.2) is 0 Å². The van der Waals surface area contributed by atoms with E-state index in [1.54, 1.807) is 25.1 Å². The second kappa shape index (κ2) is 6.59. The van der Waals surface area contributed by atoms with Crippen LogP contribution in [0.4, 0.5) is 11.4 Å². The molecule has 1 unspecified atom stereocenters. The van der Waals surface area contributed by atoms with Gasteiger partial charge in [0, 0.05) is 5.69 Å². The number of hydrogen-bond donors (Lipinski definition) is 2. The fourth-order valence-electron chi connectivity index (χ4n) is 2.87. The number of ether oxygens (including phenoxy) is 3. The zero-order valence-electron chi connectivity index (χ0n) is 14.2. The summed E-state index contributed by atoms with van der Waals surface area (Å²) < 4.78 is 16.5. The summed E-state index contributed by atoms with van der Waals surface area (Å²) in [6.45, 7) is 2.72. The van der Waals surface area contributed by atoms with Crippen molar-refractivity contribution in [3.05, 3.63) is 42.0 Å². The lowest BCUT2D eigenvalue weighted by atomic mass is 10.1. The maximum Gasteiger partial charge on any atom is 0.265 e.